The van der Waals surface area contributed by atoms with Crippen LogP contribution >= 0.6 is 0 Å². The molecule has 126 valence electrons. The lowest BCUT2D eigenvalue weighted by atomic mass is 9.98. The highest BCUT2D eigenvalue weighted by Gasteiger charge is 2.08. The molecule has 0 aliphatic rings. The predicted molar refractivity (Wildman–Crippen MR) is 105 cm³/mol. The molecule has 0 saturated heterocycles. The first-order valence-electron chi connectivity index (χ1n) is 8.90. The molecule has 1 aromatic heterocycles. The fraction of sp³-hybridized carbons (Fsp3) is 0.273. The number of rotatable bonds is 6. The van der Waals surface area contributed by atoms with Crippen molar-refractivity contribution in [3.8, 4) is 17.2 Å². The fourth-order valence-corrected chi connectivity index (χ4v) is 3.24. The van der Waals surface area contributed by atoms with Crippen LogP contribution in [0.15, 0.2) is 54.9 Å². The molecule has 2 aromatic carbocycles. The molecule has 3 heteroatoms. The van der Waals surface area contributed by atoms with Crippen molar-refractivity contribution in [2.45, 2.75) is 26.7 Å². The first-order chi connectivity index (χ1) is 12.3. The summed E-state index contributed by atoms with van der Waals surface area (Å²) in [6.45, 7) is 6.61. The standard InChI is InChI=1S/C22H23N3/c1-3-11-25(12-4-2)21-8-7-17-13-19(6-5-18(17)14-21)22-9-10-24-16-20(22)15-23/h5-10,13-14,16H,3-4,11-12H2,1-2H3. The van der Waals surface area contributed by atoms with Crippen molar-refractivity contribution in [1.82, 2.24) is 4.98 Å². The molecule has 3 nitrogen and oxygen atoms in total. The normalized spacial score (nSPS) is 10.6. The summed E-state index contributed by atoms with van der Waals surface area (Å²) < 4.78 is 0. The van der Waals surface area contributed by atoms with Crippen molar-refractivity contribution in [3.05, 3.63) is 60.4 Å². The summed E-state index contributed by atoms with van der Waals surface area (Å²) in [5.41, 5.74) is 3.88. The van der Waals surface area contributed by atoms with Crippen LogP contribution in [0.5, 0.6) is 0 Å². The monoisotopic (exact) mass is 329 g/mol. The molecule has 1 heterocycles. The van der Waals surface area contributed by atoms with E-state index in [1.165, 1.54) is 16.5 Å². The lowest BCUT2D eigenvalue weighted by Crippen LogP contribution is -2.24. The van der Waals surface area contributed by atoms with Crippen LogP contribution in [0.4, 0.5) is 5.69 Å². The second-order valence-corrected chi connectivity index (χ2v) is 6.27. The highest BCUT2D eigenvalue weighted by Crippen LogP contribution is 2.29. The summed E-state index contributed by atoms with van der Waals surface area (Å²) in [5, 5.41) is 11.7. The van der Waals surface area contributed by atoms with Gasteiger partial charge in [0.1, 0.15) is 6.07 Å². The van der Waals surface area contributed by atoms with Gasteiger partial charge in [-0.05, 0) is 53.4 Å². The number of anilines is 1. The van der Waals surface area contributed by atoms with Crippen LogP contribution in [0, 0.1) is 11.3 Å². The van der Waals surface area contributed by atoms with E-state index in [1.807, 2.05) is 6.07 Å². The molecule has 0 unspecified atom stereocenters. The topological polar surface area (TPSA) is 39.9 Å². The Morgan fingerprint density at radius 2 is 1.68 bits per heavy atom. The van der Waals surface area contributed by atoms with Crippen molar-refractivity contribution in [1.29, 1.82) is 5.26 Å². The molecule has 0 saturated carbocycles. The zero-order valence-corrected chi connectivity index (χ0v) is 14.9. The lowest BCUT2D eigenvalue weighted by Gasteiger charge is -2.24. The molecule has 0 aliphatic carbocycles. The molecule has 0 amide bonds. The van der Waals surface area contributed by atoms with E-state index < -0.39 is 0 Å². The van der Waals surface area contributed by atoms with Crippen molar-refractivity contribution in [3.63, 3.8) is 0 Å². The van der Waals surface area contributed by atoms with E-state index in [4.69, 9.17) is 0 Å². The molecule has 0 N–H and O–H groups in total. The maximum absolute atomic E-state index is 9.30. The van der Waals surface area contributed by atoms with Gasteiger partial charge in [0.25, 0.3) is 0 Å². The number of fused-ring (bicyclic) bond motifs is 1. The molecule has 0 aliphatic heterocycles. The molecular weight excluding hydrogens is 306 g/mol. The Labute approximate surface area is 149 Å². The summed E-state index contributed by atoms with van der Waals surface area (Å²) in [7, 11) is 0. The Morgan fingerprint density at radius 3 is 2.40 bits per heavy atom. The Morgan fingerprint density at radius 1 is 0.960 bits per heavy atom. The third kappa shape index (κ3) is 3.64. The first-order valence-corrected chi connectivity index (χ1v) is 8.90. The van der Waals surface area contributed by atoms with Gasteiger partial charge in [0.15, 0.2) is 0 Å². The highest BCUT2D eigenvalue weighted by molar-refractivity contribution is 5.90. The number of aromatic nitrogens is 1. The summed E-state index contributed by atoms with van der Waals surface area (Å²) >= 11 is 0. The van der Waals surface area contributed by atoms with E-state index in [0.717, 1.165) is 37.1 Å². The lowest BCUT2D eigenvalue weighted by molar-refractivity contribution is 0.745. The largest absolute Gasteiger partial charge is 0.372 e. The highest BCUT2D eigenvalue weighted by atomic mass is 15.1. The van der Waals surface area contributed by atoms with Crippen molar-refractivity contribution >= 4 is 16.5 Å². The second-order valence-electron chi connectivity index (χ2n) is 6.27. The molecular formula is C22H23N3. The average Bonchev–Trinajstić information content (AvgIpc) is 2.67. The quantitative estimate of drug-likeness (QED) is 0.608. The Hall–Kier alpha value is -2.86. The summed E-state index contributed by atoms with van der Waals surface area (Å²) in [4.78, 5) is 6.49. The predicted octanol–water partition coefficient (Wildman–Crippen LogP) is 5.40. The molecule has 25 heavy (non-hydrogen) atoms. The van der Waals surface area contributed by atoms with Crippen molar-refractivity contribution in [2.24, 2.45) is 0 Å². The average molecular weight is 329 g/mol. The molecule has 0 atom stereocenters. The zero-order valence-electron chi connectivity index (χ0n) is 14.9. The van der Waals surface area contributed by atoms with Crippen LogP contribution in [0.1, 0.15) is 32.3 Å². The van der Waals surface area contributed by atoms with Gasteiger partial charge in [0, 0.05) is 36.7 Å². The van der Waals surface area contributed by atoms with Gasteiger partial charge in [-0.1, -0.05) is 32.0 Å². The smallest absolute Gasteiger partial charge is 0.101 e. The van der Waals surface area contributed by atoms with Gasteiger partial charge in [-0.25, -0.2) is 0 Å². The Kier molecular flexibility index (Phi) is 5.30. The molecule has 0 spiro atoms. The molecule has 3 aromatic rings. The minimum atomic E-state index is 0.607. The Balaban J connectivity index is 2.00. The number of nitriles is 1. The number of hydrogen-bond donors (Lipinski definition) is 0. The third-order valence-electron chi connectivity index (χ3n) is 4.43. The van der Waals surface area contributed by atoms with Crippen LogP contribution in [0.3, 0.4) is 0 Å². The molecule has 0 bridgehead atoms. The molecule has 0 radical (unpaired) electrons. The molecule has 0 fully saturated rings. The maximum atomic E-state index is 9.30. The van der Waals surface area contributed by atoms with E-state index in [1.54, 1.807) is 12.4 Å². The minimum absolute atomic E-state index is 0.607. The van der Waals surface area contributed by atoms with Crippen LogP contribution in [-0.4, -0.2) is 18.1 Å². The van der Waals surface area contributed by atoms with Crippen molar-refractivity contribution < 1.29 is 0 Å². The zero-order chi connectivity index (χ0) is 17.6. The van der Waals surface area contributed by atoms with Gasteiger partial charge in [0.05, 0.1) is 5.56 Å². The van der Waals surface area contributed by atoms with Gasteiger partial charge in [-0.3, -0.25) is 4.98 Å². The first kappa shape index (κ1) is 17.0. The van der Waals surface area contributed by atoms with E-state index in [0.29, 0.717) is 5.56 Å². The van der Waals surface area contributed by atoms with E-state index >= 15 is 0 Å². The summed E-state index contributed by atoms with van der Waals surface area (Å²) in [6.07, 6.45) is 5.65. The van der Waals surface area contributed by atoms with Crippen LogP contribution in [0.2, 0.25) is 0 Å². The van der Waals surface area contributed by atoms with Crippen LogP contribution in [0.25, 0.3) is 21.9 Å². The van der Waals surface area contributed by atoms with Crippen molar-refractivity contribution in [2.75, 3.05) is 18.0 Å². The van der Waals surface area contributed by atoms with Gasteiger partial charge in [-0.15, -0.1) is 0 Å². The van der Waals surface area contributed by atoms with Gasteiger partial charge in [0.2, 0.25) is 0 Å². The maximum Gasteiger partial charge on any atom is 0.101 e. The van der Waals surface area contributed by atoms with Crippen LogP contribution < -0.4 is 4.90 Å². The number of nitrogens with zero attached hydrogens (tertiary/aromatic N) is 3. The van der Waals surface area contributed by atoms with E-state index in [-0.39, 0.29) is 0 Å². The fourth-order valence-electron chi connectivity index (χ4n) is 3.24. The number of pyridine rings is 1. The van der Waals surface area contributed by atoms with E-state index in [9.17, 15) is 5.26 Å². The SMILES string of the molecule is CCCN(CCC)c1ccc2cc(-c3ccncc3C#N)ccc2c1. The number of hydrogen-bond acceptors (Lipinski definition) is 3. The van der Waals surface area contributed by atoms with Gasteiger partial charge < -0.3 is 4.90 Å². The van der Waals surface area contributed by atoms with Gasteiger partial charge in [-0.2, -0.15) is 5.26 Å². The van der Waals surface area contributed by atoms with Gasteiger partial charge >= 0.3 is 0 Å². The second kappa shape index (κ2) is 7.81. The van der Waals surface area contributed by atoms with E-state index in [2.05, 4.69) is 66.2 Å². The van der Waals surface area contributed by atoms with Crippen LogP contribution in [-0.2, 0) is 0 Å². The minimum Gasteiger partial charge on any atom is -0.372 e. The third-order valence-corrected chi connectivity index (χ3v) is 4.43. The summed E-state index contributed by atoms with van der Waals surface area (Å²) in [5.74, 6) is 0. The summed E-state index contributed by atoms with van der Waals surface area (Å²) in [6, 6.07) is 17.2. The molecule has 3 rings (SSSR count). The Bertz CT molecular complexity index is 903. The number of benzene rings is 2.